The number of nitrogens with zero attached hydrogens (tertiary/aromatic N) is 1. The van der Waals surface area contributed by atoms with E-state index in [1.807, 2.05) is 45.0 Å². The van der Waals surface area contributed by atoms with Crippen molar-refractivity contribution in [1.29, 1.82) is 0 Å². The Labute approximate surface area is 180 Å². The van der Waals surface area contributed by atoms with Gasteiger partial charge in [0.05, 0.1) is 6.54 Å². The van der Waals surface area contributed by atoms with Gasteiger partial charge in [-0.05, 0) is 62.0 Å². The van der Waals surface area contributed by atoms with E-state index >= 15 is 0 Å². The summed E-state index contributed by atoms with van der Waals surface area (Å²) in [5.41, 5.74) is 6.67. The van der Waals surface area contributed by atoms with Crippen molar-refractivity contribution in [3.63, 3.8) is 0 Å². The number of hydrogen-bond acceptors (Lipinski definition) is 2. The summed E-state index contributed by atoms with van der Waals surface area (Å²) in [6, 6.07) is 11.1. The van der Waals surface area contributed by atoms with E-state index in [9.17, 15) is 8.78 Å². The largest absolute Gasteiger partial charge is 0.372 e. The van der Waals surface area contributed by atoms with Crippen molar-refractivity contribution in [3.8, 4) is 23.5 Å². The quantitative estimate of drug-likeness (QED) is 0.525. The van der Waals surface area contributed by atoms with Crippen LogP contribution in [0.3, 0.4) is 0 Å². The van der Waals surface area contributed by atoms with E-state index in [2.05, 4.69) is 23.5 Å². The molecule has 0 unspecified atom stereocenters. The lowest BCUT2D eigenvalue weighted by atomic mass is 9.99. The fourth-order valence-electron chi connectivity index (χ4n) is 2.82. The van der Waals surface area contributed by atoms with Crippen LogP contribution in [-0.4, -0.2) is 30.9 Å². The summed E-state index contributed by atoms with van der Waals surface area (Å²) in [7, 11) is 0. The van der Waals surface area contributed by atoms with Gasteiger partial charge in [-0.15, -0.1) is 6.42 Å². The second-order valence-corrected chi connectivity index (χ2v) is 6.82. The van der Waals surface area contributed by atoms with Gasteiger partial charge in [0.1, 0.15) is 11.6 Å². The van der Waals surface area contributed by atoms with Gasteiger partial charge in [-0.2, -0.15) is 0 Å². The second kappa shape index (κ2) is 16.1. The molecule has 2 aromatic carbocycles. The van der Waals surface area contributed by atoms with E-state index in [-0.39, 0.29) is 6.41 Å². The first-order valence-electron chi connectivity index (χ1n) is 10.2. The number of halogens is 2. The third kappa shape index (κ3) is 11.3. The first-order valence-corrected chi connectivity index (χ1v) is 10.2. The van der Waals surface area contributed by atoms with Crippen molar-refractivity contribution in [1.82, 2.24) is 4.90 Å². The average molecular weight is 417 g/mol. The Kier molecular flexibility index (Phi) is 14.7. The molecule has 0 radical (unpaired) electrons. The fourth-order valence-corrected chi connectivity index (χ4v) is 2.82. The molecular weight excluding hydrogens is 382 g/mol. The first-order chi connectivity index (χ1) is 14.4. The van der Waals surface area contributed by atoms with E-state index in [4.69, 9.17) is 11.2 Å². The second-order valence-electron chi connectivity index (χ2n) is 6.82. The molecule has 2 aromatic rings. The van der Waals surface area contributed by atoms with Crippen LogP contribution in [0.4, 0.5) is 8.78 Å². The molecule has 0 aliphatic carbocycles. The monoisotopic (exact) mass is 416 g/mol. The minimum Gasteiger partial charge on any atom is -0.372 e. The Hall–Kier alpha value is -2.71. The standard InChI is InChI=1S/C13H10F2.C9H15N.C2H6.CH3NO/c1-9-2-4-10(5-3-9)11-6-12(14)8-13(15)7-11;1-3-6-10-7-4-9(2)5-8-10;1-2;2-1-3/h2-8H,1H3;1,9H,4-8H2,2H3;1-2H3;1H,(H2,2,3). The highest BCUT2D eigenvalue weighted by Gasteiger charge is 2.13. The van der Waals surface area contributed by atoms with E-state index in [0.29, 0.717) is 5.56 Å². The molecule has 0 spiro atoms. The van der Waals surface area contributed by atoms with Crippen LogP contribution in [0.2, 0.25) is 0 Å². The predicted molar refractivity (Wildman–Crippen MR) is 122 cm³/mol. The highest BCUT2D eigenvalue weighted by atomic mass is 19.1. The molecule has 1 amide bonds. The number of benzene rings is 2. The maximum absolute atomic E-state index is 13.0. The van der Waals surface area contributed by atoms with Gasteiger partial charge in [-0.25, -0.2) is 8.78 Å². The molecule has 0 bridgehead atoms. The van der Waals surface area contributed by atoms with E-state index in [1.54, 1.807) is 0 Å². The number of nitrogens with two attached hydrogens (primary N) is 1. The summed E-state index contributed by atoms with van der Waals surface area (Å²) in [5.74, 6) is 2.49. The van der Waals surface area contributed by atoms with Crippen molar-refractivity contribution < 1.29 is 13.6 Å². The van der Waals surface area contributed by atoms with Crippen LogP contribution in [0.5, 0.6) is 0 Å². The maximum atomic E-state index is 13.0. The number of hydrogen-bond donors (Lipinski definition) is 1. The molecule has 3 nitrogen and oxygen atoms in total. The van der Waals surface area contributed by atoms with Crippen LogP contribution in [0.15, 0.2) is 42.5 Å². The van der Waals surface area contributed by atoms with Gasteiger partial charge in [-0.1, -0.05) is 56.5 Å². The summed E-state index contributed by atoms with van der Waals surface area (Å²) in [5, 5.41) is 0. The minimum atomic E-state index is -0.550. The molecule has 0 atom stereocenters. The van der Waals surface area contributed by atoms with E-state index < -0.39 is 11.6 Å². The summed E-state index contributed by atoms with van der Waals surface area (Å²) in [6.45, 7) is 11.5. The number of primary amides is 1. The van der Waals surface area contributed by atoms with Gasteiger partial charge < -0.3 is 5.73 Å². The van der Waals surface area contributed by atoms with Crippen LogP contribution >= 0.6 is 0 Å². The first kappa shape index (κ1) is 27.3. The molecule has 30 heavy (non-hydrogen) atoms. The Morgan fingerprint density at radius 3 is 1.97 bits per heavy atom. The lowest BCUT2D eigenvalue weighted by Gasteiger charge is -2.28. The van der Waals surface area contributed by atoms with Crippen molar-refractivity contribution in [3.05, 3.63) is 59.7 Å². The molecule has 2 N–H and O–H groups in total. The lowest BCUT2D eigenvalue weighted by Crippen LogP contribution is -2.32. The lowest BCUT2D eigenvalue weighted by molar-refractivity contribution is -0.106. The van der Waals surface area contributed by atoms with Crippen molar-refractivity contribution in [2.24, 2.45) is 11.7 Å². The molecule has 1 heterocycles. The number of terminal acetylenes is 1. The Balaban J connectivity index is 0.000000486. The highest BCUT2D eigenvalue weighted by molar-refractivity contribution is 5.63. The number of rotatable bonds is 2. The number of piperidine rings is 1. The van der Waals surface area contributed by atoms with Crippen LogP contribution in [0, 0.1) is 36.8 Å². The van der Waals surface area contributed by atoms with Gasteiger partial charge in [-0.3, -0.25) is 9.69 Å². The SMILES string of the molecule is C#CCN1CCC(C)CC1.CC.Cc1ccc(-c2cc(F)cc(F)c2)cc1.NC=O. The smallest absolute Gasteiger partial charge is 0.204 e. The number of amides is 1. The number of carbonyl (C=O) groups excluding carboxylic acids is 1. The highest BCUT2D eigenvalue weighted by Crippen LogP contribution is 2.21. The minimum absolute atomic E-state index is 0.250. The van der Waals surface area contributed by atoms with E-state index in [1.165, 1.54) is 38.1 Å². The van der Waals surface area contributed by atoms with Crippen molar-refractivity contribution >= 4 is 6.41 Å². The van der Waals surface area contributed by atoms with Crippen LogP contribution in [-0.2, 0) is 4.79 Å². The van der Waals surface area contributed by atoms with Gasteiger partial charge in [0.2, 0.25) is 6.41 Å². The summed E-state index contributed by atoms with van der Waals surface area (Å²) in [4.78, 5) is 10.9. The maximum Gasteiger partial charge on any atom is 0.204 e. The molecule has 1 aliphatic rings. The number of aryl methyl sites for hydroxylation is 1. The zero-order valence-electron chi connectivity index (χ0n) is 18.5. The molecule has 0 aromatic heterocycles. The third-order valence-electron chi connectivity index (χ3n) is 4.44. The molecule has 3 rings (SSSR count). The van der Waals surface area contributed by atoms with E-state index in [0.717, 1.165) is 29.7 Å². The Morgan fingerprint density at radius 1 is 1.07 bits per heavy atom. The van der Waals surface area contributed by atoms with Gasteiger partial charge >= 0.3 is 0 Å². The summed E-state index contributed by atoms with van der Waals surface area (Å²) < 4.78 is 25.9. The predicted octanol–water partition coefficient (Wildman–Crippen LogP) is 5.42. The van der Waals surface area contributed by atoms with Gasteiger partial charge in [0.25, 0.3) is 0 Å². The Morgan fingerprint density at radius 2 is 1.53 bits per heavy atom. The number of carbonyl (C=O) groups is 1. The van der Waals surface area contributed by atoms with Crippen LogP contribution in [0.1, 0.15) is 39.2 Å². The molecule has 1 saturated heterocycles. The van der Waals surface area contributed by atoms with Crippen LogP contribution < -0.4 is 5.73 Å². The van der Waals surface area contributed by atoms with Gasteiger partial charge in [0.15, 0.2) is 0 Å². The van der Waals surface area contributed by atoms with Crippen molar-refractivity contribution in [2.45, 2.75) is 40.5 Å². The third-order valence-corrected chi connectivity index (χ3v) is 4.44. The topological polar surface area (TPSA) is 46.3 Å². The molecule has 5 heteroatoms. The van der Waals surface area contributed by atoms with Crippen molar-refractivity contribution in [2.75, 3.05) is 19.6 Å². The molecule has 0 saturated carbocycles. The zero-order valence-corrected chi connectivity index (χ0v) is 18.5. The fraction of sp³-hybridized carbons (Fsp3) is 0.400. The Bertz CT molecular complexity index is 741. The molecule has 1 aliphatic heterocycles. The summed E-state index contributed by atoms with van der Waals surface area (Å²) in [6.07, 6.45) is 8.09. The normalized spacial score (nSPS) is 13.2. The van der Waals surface area contributed by atoms with Gasteiger partial charge in [0, 0.05) is 6.07 Å². The number of likely N-dealkylation sites (tertiary alicyclic amines) is 1. The summed E-state index contributed by atoms with van der Waals surface area (Å²) >= 11 is 0. The molecule has 1 fully saturated rings. The average Bonchev–Trinajstić information content (AvgIpc) is 2.72. The molecular formula is C25H34F2N2O. The molecule has 164 valence electrons. The zero-order chi connectivity index (χ0) is 22.9. The van der Waals surface area contributed by atoms with Crippen LogP contribution in [0.25, 0.3) is 11.1 Å².